The Balaban J connectivity index is 2.47. The smallest absolute Gasteiger partial charge is 0.0406 e. The maximum absolute atomic E-state index is 6.10. The number of hydrogen-bond donors (Lipinski definition) is 1. The zero-order valence-corrected chi connectivity index (χ0v) is 10.5. The summed E-state index contributed by atoms with van der Waals surface area (Å²) in [5, 5.41) is 0.791. The molecule has 1 atom stereocenters. The van der Waals surface area contributed by atoms with Crippen molar-refractivity contribution in [3.05, 3.63) is 34.9 Å². The Hall–Kier alpha value is -0.530. The SMILES string of the molecule is CC(C)(C)C(N)CCc1ccc(Cl)cc1. The Labute approximate surface area is 97.6 Å². The summed E-state index contributed by atoms with van der Waals surface area (Å²) in [5.74, 6) is 0. The third-order valence-electron chi connectivity index (χ3n) is 2.77. The van der Waals surface area contributed by atoms with Gasteiger partial charge in [-0.05, 0) is 36.0 Å². The lowest BCUT2D eigenvalue weighted by Crippen LogP contribution is -2.35. The van der Waals surface area contributed by atoms with E-state index in [0.717, 1.165) is 17.9 Å². The molecule has 0 aliphatic heterocycles. The van der Waals surface area contributed by atoms with Gasteiger partial charge in [0.2, 0.25) is 0 Å². The first kappa shape index (κ1) is 12.5. The molecule has 0 fully saturated rings. The van der Waals surface area contributed by atoms with Crippen molar-refractivity contribution in [2.45, 2.75) is 39.7 Å². The molecule has 15 heavy (non-hydrogen) atoms. The highest BCUT2D eigenvalue weighted by molar-refractivity contribution is 6.30. The van der Waals surface area contributed by atoms with E-state index in [1.54, 1.807) is 0 Å². The first-order valence-electron chi connectivity index (χ1n) is 5.39. The molecular weight excluding hydrogens is 206 g/mol. The van der Waals surface area contributed by atoms with Crippen molar-refractivity contribution in [1.29, 1.82) is 0 Å². The van der Waals surface area contributed by atoms with Gasteiger partial charge in [-0.1, -0.05) is 44.5 Å². The second kappa shape index (κ2) is 5.00. The summed E-state index contributed by atoms with van der Waals surface area (Å²) in [6.45, 7) is 6.54. The topological polar surface area (TPSA) is 26.0 Å². The number of benzene rings is 1. The lowest BCUT2D eigenvalue weighted by molar-refractivity contribution is 0.306. The summed E-state index contributed by atoms with van der Waals surface area (Å²) < 4.78 is 0. The molecule has 0 amide bonds. The maximum Gasteiger partial charge on any atom is 0.0406 e. The molecular formula is C13H20ClN. The van der Waals surface area contributed by atoms with Gasteiger partial charge < -0.3 is 5.73 Å². The molecule has 1 aromatic carbocycles. The standard InChI is InChI=1S/C13H20ClN/c1-13(2,3)12(15)9-6-10-4-7-11(14)8-5-10/h4-5,7-8,12H,6,9,15H2,1-3H3. The fraction of sp³-hybridized carbons (Fsp3) is 0.538. The maximum atomic E-state index is 6.10. The van der Waals surface area contributed by atoms with Gasteiger partial charge in [0, 0.05) is 11.1 Å². The Kier molecular flexibility index (Phi) is 4.18. The van der Waals surface area contributed by atoms with Crippen LogP contribution in [0.15, 0.2) is 24.3 Å². The van der Waals surface area contributed by atoms with Crippen LogP contribution in [0, 0.1) is 5.41 Å². The fourth-order valence-corrected chi connectivity index (χ4v) is 1.53. The second-order valence-electron chi connectivity index (χ2n) is 5.14. The monoisotopic (exact) mass is 225 g/mol. The van der Waals surface area contributed by atoms with Gasteiger partial charge >= 0.3 is 0 Å². The normalized spacial score (nSPS) is 13.9. The van der Waals surface area contributed by atoms with Crippen LogP contribution in [0.3, 0.4) is 0 Å². The van der Waals surface area contributed by atoms with E-state index in [4.69, 9.17) is 17.3 Å². The summed E-state index contributed by atoms with van der Waals surface area (Å²) >= 11 is 5.82. The van der Waals surface area contributed by atoms with Gasteiger partial charge in [-0.2, -0.15) is 0 Å². The molecule has 84 valence electrons. The van der Waals surface area contributed by atoms with E-state index in [9.17, 15) is 0 Å². The van der Waals surface area contributed by atoms with Crippen molar-refractivity contribution < 1.29 is 0 Å². The van der Waals surface area contributed by atoms with Crippen molar-refractivity contribution in [3.8, 4) is 0 Å². The second-order valence-corrected chi connectivity index (χ2v) is 5.57. The highest BCUT2D eigenvalue weighted by Crippen LogP contribution is 2.21. The van der Waals surface area contributed by atoms with Crippen LogP contribution in [0.5, 0.6) is 0 Å². The Morgan fingerprint density at radius 1 is 1.20 bits per heavy atom. The molecule has 0 aliphatic carbocycles. The summed E-state index contributed by atoms with van der Waals surface area (Å²) in [5.41, 5.74) is 7.59. The Morgan fingerprint density at radius 2 is 1.73 bits per heavy atom. The molecule has 1 aromatic rings. The molecule has 1 nitrogen and oxygen atoms in total. The van der Waals surface area contributed by atoms with E-state index in [2.05, 4.69) is 32.9 Å². The molecule has 2 heteroatoms. The lowest BCUT2D eigenvalue weighted by atomic mass is 9.84. The van der Waals surface area contributed by atoms with Crippen LogP contribution in [0.4, 0.5) is 0 Å². The number of aryl methyl sites for hydroxylation is 1. The van der Waals surface area contributed by atoms with E-state index in [1.165, 1.54) is 5.56 Å². The molecule has 1 rings (SSSR count). The van der Waals surface area contributed by atoms with Crippen LogP contribution in [-0.4, -0.2) is 6.04 Å². The third kappa shape index (κ3) is 4.23. The number of rotatable bonds is 3. The zero-order valence-electron chi connectivity index (χ0n) is 9.76. The largest absolute Gasteiger partial charge is 0.327 e. The summed E-state index contributed by atoms with van der Waals surface area (Å²) in [7, 11) is 0. The van der Waals surface area contributed by atoms with E-state index in [-0.39, 0.29) is 11.5 Å². The molecule has 0 bridgehead atoms. The molecule has 0 aliphatic rings. The summed E-state index contributed by atoms with van der Waals surface area (Å²) in [4.78, 5) is 0. The van der Waals surface area contributed by atoms with Crippen molar-refractivity contribution in [2.24, 2.45) is 11.1 Å². The molecule has 0 saturated carbocycles. The molecule has 0 spiro atoms. The molecule has 0 radical (unpaired) electrons. The Bertz CT molecular complexity index is 297. The Morgan fingerprint density at radius 3 is 2.20 bits per heavy atom. The van der Waals surface area contributed by atoms with Crippen LogP contribution in [0.1, 0.15) is 32.8 Å². The third-order valence-corrected chi connectivity index (χ3v) is 3.02. The van der Waals surface area contributed by atoms with E-state index in [1.807, 2.05) is 12.1 Å². The minimum Gasteiger partial charge on any atom is -0.327 e. The van der Waals surface area contributed by atoms with Crippen LogP contribution in [-0.2, 0) is 6.42 Å². The fourth-order valence-electron chi connectivity index (χ4n) is 1.41. The van der Waals surface area contributed by atoms with Gasteiger partial charge in [-0.25, -0.2) is 0 Å². The van der Waals surface area contributed by atoms with Crippen molar-refractivity contribution >= 4 is 11.6 Å². The first-order chi connectivity index (χ1) is 6.89. The molecule has 0 saturated heterocycles. The van der Waals surface area contributed by atoms with Crippen molar-refractivity contribution in [1.82, 2.24) is 0 Å². The average Bonchev–Trinajstić information content (AvgIpc) is 2.15. The summed E-state index contributed by atoms with van der Waals surface area (Å²) in [6, 6.07) is 8.24. The minimum absolute atomic E-state index is 0.187. The summed E-state index contributed by atoms with van der Waals surface area (Å²) in [6.07, 6.45) is 2.04. The van der Waals surface area contributed by atoms with Crippen LogP contribution in [0.2, 0.25) is 5.02 Å². The number of hydrogen-bond acceptors (Lipinski definition) is 1. The predicted molar refractivity (Wildman–Crippen MR) is 67.2 cm³/mol. The van der Waals surface area contributed by atoms with Crippen LogP contribution >= 0.6 is 11.6 Å². The number of halogens is 1. The van der Waals surface area contributed by atoms with E-state index >= 15 is 0 Å². The first-order valence-corrected chi connectivity index (χ1v) is 5.77. The molecule has 0 aromatic heterocycles. The quantitative estimate of drug-likeness (QED) is 0.835. The highest BCUT2D eigenvalue weighted by atomic mass is 35.5. The number of nitrogens with two attached hydrogens (primary N) is 1. The van der Waals surface area contributed by atoms with E-state index in [0.29, 0.717) is 0 Å². The van der Waals surface area contributed by atoms with Gasteiger partial charge in [0.05, 0.1) is 0 Å². The van der Waals surface area contributed by atoms with Crippen molar-refractivity contribution in [3.63, 3.8) is 0 Å². The van der Waals surface area contributed by atoms with Gasteiger partial charge in [-0.3, -0.25) is 0 Å². The van der Waals surface area contributed by atoms with Gasteiger partial charge in [0.15, 0.2) is 0 Å². The van der Waals surface area contributed by atoms with Gasteiger partial charge in [0.1, 0.15) is 0 Å². The van der Waals surface area contributed by atoms with Gasteiger partial charge in [0.25, 0.3) is 0 Å². The zero-order chi connectivity index (χ0) is 11.5. The lowest BCUT2D eigenvalue weighted by Gasteiger charge is -2.26. The highest BCUT2D eigenvalue weighted by Gasteiger charge is 2.19. The average molecular weight is 226 g/mol. The van der Waals surface area contributed by atoms with E-state index < -0.39 is 0 Å². The molecule has 0 heterocycles. The molecule has 2 N–H and O–H groups in total. The van der Waals surface area contributed by atoms with Crippen LogP contribution in [0.25, 0.3) is 0 Å². The van der Waals surface area contributed by atoms with Crippen molar-refractivity contribution in [2.75, 3.05) is 0 Å². The molecule has 1 unspecified atom stereocenters. The van der Waals surface area contributed by atoms with Gasteiger partial charge in [-0.15, -0.1) is 0 Å². The minimum atomic E-state index is 0.187. The predicted octanol–water partition coefficient (Wildman–Crippen LogP) is 3.65. The van der Waals surface area contributed by atoms with Crippen LogP contribution < -0.4 is 5.73 Å².